The molecule has 2 atom stereocenters. The molecule has 0 radical (unpaired) electrons. The first kappa shape index (κ1) is 13.9. The minimum atomic E-state index is 0.0937. The van der Waals surface area contributed by atoms with Gasteiger partial charge in [0.2, 0.25) is 0 Å². The van der Waals surface area contributed by atoms with Crippen LogP contribution < -0.4 is 4.90 Å². The van der Waals surface area contributed by atoms with Crippen molar-refractivity contribution in [1.82, 2.24) is 9.78 Å². The van der Waals surface area contributed by atoms with E-state index in [4.69, 9.17) is 0 Å². The van der Waals surface area contributed by atoms with Crippen LogP contribution in [0.15, 0.2) is 42.7 Å². The molecular formula is C17H21N3O. The van der Waals surface area contributed by atoms with Crippen LogP contribution in [0.3, 0.4) is 0 Å². The van der Waals surface area contributed by atoms with Gasteiger partial charge in [-0.2, -0.15) is 5.10 Å². The second-order valence-corrected chi connectivity index (χ2v) is 5.82. The minimum Gasteiger partial charge on any atom is -0.365 e. The van der Waals surface area contributed by atoms with E-state index in [1.807, 2.05) is 36.0 Å². The van der Waals surface area contributed by atoms with E-state index in [1.165, 1.54) is 5.56 Å². The highest BCUT2D eigenvalue weighted by atomic mass is 16.1. The van der Waals surface area contributed by atoms with E-state index >= 15 is 0 Å². The highest BCUT2D eigenvalue weighted by molar-refractivity contribution is 5.83. The molecule has 1 fully saturated rings. The Morgan fingerprint density at radius 2 is 2.00 bits per heavy atom. The van der Waals surface area contributed by atoms with Gasteiger partial charge in [-0.15, -0.1) is 0 Å². The molecule has 3 rings (SSSR count). The van der Waals surface area contributed by atoms with Gasteiger partial charge in [0.05, 0.1) is 18.4 Å². The van der Waals surface area contributed by atoms with Crippen LogP contribution in [0, 0.1) is 5.92 Å². The molecule has 0 aliphatic carbocycles. The van der Waals surface area contributed by atoms with E-state index in [2.05, 4.69) is 35.3 Å². The molecule has 1 aliphatic heterocycles. The zero-order valence-corrected chi connectivity index (χ0v) is 12.6. The highest BCUT2D eigenvalue weighted by Gasteiger charge is 2.31. The first-order valence-electron chi connectivity index (χ1n) is 7.51. The van der Waals surface area contributed by atoms with Gasteiger partial charge in [0, 0.05) is 31.1 Å². The summed E-state index contributed by atoms with van der Waals surface area (Å²) >= 11 is 0. The number of anilines is 1. The lowest BCUT2D eigenvalue weighted by atomic mass is 9.90. The van der Waals surface area contributed by atoms with Gasteiger partial charge in [0.25, 0.3) is 0 Å². The molecular weight excluding hydrogens is 262 g/mol. The predicted molar refractivity (Wildman–Crippen MR) is 83.4 cm³/mol. The first-order valence-corrected chi connectivity index (χ1v) is 7.51. The van der Waals surface area contributed by atoms with Crippen LogP contribution >= 0.6 is 0 Å². The summed E-state index contributed by atoms with van der Waals surface area (Å²) in [4.78, 5) is 14.1. The quantitative estimate of drug-likeness (QED) is 0.869. The fraction of sp³-hybridized carbons (Fsp3) is 0.412. The zero-order chi connectivity index (χ0) is 14.8. The number of ketones is 1. The standard InChI is InChI=1S/C17H21N3O/c1-13-14(2)20(9-8-17(13)21)16-10-18-19(12-16)11-15-6-4-3-5-7-15/h3-7,10,12-14H,8-9,11H2,1-2H3. The zero-order valence-electron chi connectivity index (χ0n) is 12.6. The van der Waals surface area contributed by atoms with Gasteiger partial charge in [-0.3, -0.25) is 9.48 Å². The number of hydrogen-bond donors (Lipinski definition) is 0. The van der Waals surface area contributed by atoms with Crippen LogP contribution in [0.2, 0.25) is 0 Å². The van der Waals surface area contributed by atoms with Crippen molar-refractivity contribution in [3.63, 3.8) is 0 Å². The van der Waals surface area contributed by atoms with Crippen molar-refractivity contribution < 1.29 is 4.79 Å². The van der Waals surface area contributed by atoms with Gasteiger partial charge in [0.15, 0.2) is 0 Å². The molecule has 4 heteroatoms. The smallest absolute Gasteiger partial charge is 0.139 e. The number of aromatic nitrogens is 2. The summed E-state index contributed by atoms with van der Waals surface area (Å²) < 4.78 is 1.96. The van der Waals surface area contributed by atoms with Crippen molar-refractivity contribution in [2.45, 2.75) is 32.9 Å². The molecule has 0 N–H and O–H groups in total. The Morgan fingerprint density at radius 1 is 1.24 bits per heavy atom. The lowest BCUT2D eigenvalue weighted by Gasteiger charge is -2.37. The van der Waals surface area contributed by atoms with Gasteiger partial charge in [-0.25, -0.2) is 0 Å². The molecule has 1 aromatic carbocycles. The average Bonchev–Trinajstić information content (AvgIpc) is 2.94. The van der Waals surface area contributed by atoms with Crippen molar-refractivity contribution in [2.24, 2.45) is 5.92 Å². The van der Waals surface area contributed by atoms with E-state index < -0.39 is 0 Å². The molecule has 1 aliphatic rings. The van der Waals surface area contributed by atoms with Crippen LogP contribution in [0.4, 0.5) is 5.69 Å². The van der Waals surface area contributed by atoms with Crippen molar-refractivity contribution >= 4 is 11.5 Å². The van der Waals surface area contributed by atoms with Crippen LogP contribution in [0.5, 0.6) is 0 Å². The van der Waals surface area contributed by atoms with Crippen LogP contribution in [-0.4, -0.2) is 28.2 Å². The van der Waals surface area contributed by atoms with Crippen LogP contribution in [-0.2, 0) is 11.3 Å². The van der Waals surface area contributed by atoms with Gasteiger partial charge in [-0.1, -0.05) is 37.3 Å². The molecule has 4 nitrogen and oxygen atoms in total. The number of carbonyl (C=O) groups is 1. The Bertz CT molecular complexity index is 620. The summed E-state index contributed by atoms with van der Waals surface area (Å²) in [5.74, 6) is 0.464. The number of rotatable bonds is 3. The number of Topliss-reactive ketones (excluding diaryl/α,β-unsaturated/α-hetero) is 1. The molecule has 2 unspecified atom stereocenters. The summed E-state index contributed by atoms with van der Waals surface area (Å²) in [7, 11) is 0. The molecule has 0 bridgehead atoms. The Labute approximate surface area is 125 Å². The molecule has 2 aromatic rings. The van der Waals surface area contributed by atoms with E-state index in [0.717, 1.165) is 18.8 Å². The SMILES string of the molecule is CC1C(=O)CCN(c2cnn(Cc3ccccc3)c2)C1C. The molecule has 21 heavy (non-hydrogen) atoms. The fourth-order valence-electron chi connectivity index (χ4n) is 2.92. The number of carbonyl (C=O) groups excluding carboxylic acids is 1. The molecule has 1 saturated heterocycles. The Morgan fingerprint density at radius 3 is 2.76 bits per heavy atom. The maximum Gasteiger partial charge on any atom is 0.139 e. The van der Waals surface area contributed by atoms with E-state index in [1.54, 1.807) is 0 Å². The Kier molecular flexibility index (Phi) is 3.78. The minimum absolute atomic E-state index is 0.0937. The Hall–Kier alpha value is -2.10. The average molecular weight is 283 g/mol. The Balaban J connectivity index is 1.74. The molecule has 0 saturated carbocycles. The molecule has 1 aromatic heterocycles. The number of hydrogen-bond acceptors (Lipinski definition) is 3. The largest absolute Gasteiger partial charge is 0.365 e. The third-order valence-electron chi connectivity index (χ3n) is 4.46. The van der Waals surface area contributed by atoms with Gasteiger partial charge in [-0.05, 0) is 12.5 Å². The van der Waals surface area contributed by atoms with Gasteiger partial charge >= 0.3 is 0 Å². The van der Waals surface area contributed by atoms with E-state index in [-0.39, 0.29) is 12.0 Å². The fourth-order valence-corrected chi connectivity index (χ4v) is 2.92. The summed E-state index contributed by atoms with van der Waals surface area (Å²) in [5.41, 5.74) is 2.35. The van der Waals surface area contributed by atoms with E-state index in [9.17, 15) is 4.79 Å². The van der Waals surface area contributed by atoms with E-state index in [0.29, 0.717) is 12.2 Å². The van der Waals surface area contributed by atoms with Crippen molar-refractivity contribution in [2.75, 3.05) is 11.4 Å². The highest BCUT2D eigenvalue weighted by Crippen LogP contribution is 2.26. The predicted octanol–water partition coefficient (Wildman–Crippen LogP) is 2.74. The molecule has 0 spiro atoms. The van der Waals surface area contributed by atoms with Gasteiger partial charge < -0.3 is 4.90 Å². The normalized spacial score (nSPS) is 22.6. The van der Waals surface area contributed by atoms with Crippen LogP contribution in [0.1, 0.15) is 25.8 Å². The molecule has 110 valence electrons. The van der Waals surface area contributed by atoms with Crippen molar-refractivity contribution in [3.8, 4) is 0 Å². The number of nitrogens with zero attached hydrogens (tertiary/aromatic N) is 3. The lowest BCUT2D eigenvalue weighted by Crippen LogP contribution is -2.46. The summed E-state index contributed by atoms with van der Waals surface area (Å²) in [6.07, 6.45) is 4.61. The number of benzene rings is 1. The third-order valence-corrected chi connectivity index (χ3v) is 4.46. The molecule has 2 heterocycles. The second-order valence-electron chi connectivity index (χ2n) is 5.82. The summed E-state index contributed by atoms with van der Waals surface area (Å²) in [6, 6.07) is 10.5. The van der Waals surface area contributed by atoms with Crippen molar-refractivity contribution in [1.29, 1.82) is 0 Å². The maximum absolute atomic E-state index is 11.8. The third kappa shape index (κ3) is 2.84. The lowest BCUT2D eigenvalue weighted by molar-refractivity contribution is -0.123. The second kappa shape index (κ2) is 5.72. The molecule has 0 amide bonds. The first-order chi connectivity index (χ1) is 10.1. The summed E-state index contributed by atoms with van der Waals surface area (Å²) in [6.45, 7) is 5.71. The monoisotopic (exact) mass is 283 g/mol. The topological polar surface area (TPSA) is 38.1 Å². The van der Waals surface area contributed by atoms with Gasteiger partial charge in [0.1, 0.15) is 5.78 Å². The van der Waals surface area contributed by atoms with Crippen LogP contribution in [0.25, 0.3) is 0 Å². The number of piperidine rings is 1. The van der Waals surface area contributed by atoms with Crippen molar-refractivity contribution in [3.05, 3.63) is 48.3 Å². The summed E-state index contributed by atoms with van der Waals surface area (Å²) in [5, 5.41) is 4.46. The maximum atomic E-state index is 11.8.